The number of carboxylic acid groups (broad SMARTS) is 1. The first-order valence-electron chi connectivity index (χ1n) is 6.56. The molecule has 0 aliphatic carbocycles. The van der Waals surface area contributed by atoms with Gasteiger partial charge in [-0.25, -0.2) is 4.79 Å². The monoisotopic (exact) mass is 297 g/mol. The Morgan fingerprint density at radius 2 is 1.90 bits per heavy atom. The fourth-order valence-electron chi connectivity index (χ4n) is 3.04. The van der Waals surface area contributed by atoms with Gasteiger partial charge < -0.3 is 15.2 Å². The summed E-state index contributed by atoms with van der Waals surface area (Å²) >= 11 is 6.14. The fraction of sp³-hybridized carbons (Fsp3) is 0.533. The van der Waals surface area contributed by atoms with Crippen LogP contribution in [0.1, 0.15) is 34.1 Å². The van der Waals surface area contributed by atoms with E-state index in [1.54, 1.807) is 32.0 Å². The van der Waals surface area contributed by atoms with Crippen molar-refractivity contribution in [2.24, 2.45) is 0 Å². The van der Waals surface area contributed by atoms with E-state index in [-0.39, 0.29) is 0 Å². The Morgan fingerprint density at radius 3 is 2.35 bits per heavy atom. The normalized spacial score (nSPS) is 27.2. The van der Waals surface area contributed by atoms with Crippen LogP contribution in [0, 0.1) is 0 Å². The van der Waals surface area contributed by atoms with Crippen LogP contribution in [-0.2, 0) is 9.53 Å². The van der Waals surface area contributed by atoms with E-state index < -0.39 is 22.7 Å². The highest BCUT2D eigenvalue weighted by atomic mass is 35.5. The maximum Gasteiger partial charge on any atom is 0.332 e. The lowest BCUT2D eigenvalue weighted by Crippen LogP contribution is -2.58. The summed E-state index contributed by atoms with van der Waals surface area (Å²) in [6.07, 6.45) is 0.355. The lowest BCUT2D eigenvalue weighted by Gasteiger charge is -2.37. The van der Waals surface area contributed by atoms with Gasteiger partial charge in [0.1, 0.15) is 0 Å². The van der Waals surface area contributed by atoms with Crippen LogP contribution in [-0.4, -0.2) is 27.8 Å². The molecule has 0 saturated carbocycles. The van der Waals surface area contributed by atoms with Crippen LogP contribution in [0.25, 0.3) is 0 Å². The summed E-state index contributed by atoms with van der Waals surface area (Å²) in [5.74, 6) is -0.937. The summed E-state index contributed by atoms with van der Waals surface area (Å²) in [5, 5.41) is 13.4. The molecule has 0 radical (unpaired) electrons. The largest absolute Gasteiger partial charge is 0.479 e. The Morgan fingerprint density at radius 1 is 1.30 bits per heavy atom. The molecule has 1 aliphatic rings. The maximum atomic E-state index is 12.0. The molecule has 0 aromatic heterocycles. The number of hydrogen-bond acceptors (Lipinski definition) is 3. The van der Waals surface area contributed by atoms with Crippen molar-refractivity contribution in [3.63, 3.8) is 0 Å². The molecule has 110 valence electrons. The van der Waals surface area contributed by atoms with E-state index in [1.165, 1.54) is 0 Å². The van der Waals surface area contributed by atoms with Crippen molar-refractivity contribution in [3.8, 4) is 0 Å². The van der Waals surface area contributed by atoms with Gasteiger partial charge in [-0.1, -0.05) is 23.7 Å². The van der Waals surface area contributed by atoms with Gasteiger partial charge in [0.2, 0.25) is 0 Å². The third-order valence-corrected chi connectivity index (χ3v) is 4.17. The first-order valence-corrected chi connectivity index (χ1v) is 6.94. The number of aliphatic carboxylic acids is 1. The predicted molar refractivity (Wildman–Crippen MR) is 79.3 cm³/mol. The van der Waals surface area contributed by atoms with Gasteiger partial charge in [0.15, 0.2) is 5.54 Å². The number of halogens is 1. The second-order valence-electron chi connectivity index (χ2n) is 6.36. The summed E-state index contributed by atoms with van der Waals surface area (Å²) in [6, 6.07) is 7.13. The van der Waals surface area contributed by atoms with Crippen molar-refractivity contribution >= 4 is 23.3 Å². The summed E-state index contributed by atoms with van der Waals surface area (Å²) in [5.41, 5.74) is -2.00. The molecule has 20 heavy (non-hydrogen) atoms. The standard InChI is InChI=1S/C15H20ClNO3/c1-13(2)9-15(12(18)19,14(3,4)20-13)17-11-8-6-5-7-10(11)16/h5-8,17H,9H2,1-4H3,(H,18,19). The van der Waals surface area contributed by atoms with Crippen LogP contribution < -0.4 is 5.32 Å². The second kappa shape index (κ2) is 4.64. The molecule has 1 unspecified atom stereocenters. The van der Waals surface area contributed by atoms with Crippen molar-refractivity contribution in [1.82, 2.24) is 0 Å². The molecule has 1 aromatic carbocycles. The average molecular weight is 298 g/mol. The zero-order chi connectivity index (χ0) is 15.2. The molecular weight excluding hydrogens is 278 g/mol. The molecule has 0 amide bonds. The van der Waals surface area contributed by atoms with E-state index in [0.29, 0.717) is 17.1 Å². The lowest BCUT2D eigenvalue weighted by atomic mass is 9.78. The minimum absolute atomic E-state index is 0.355. The highest BCUT2D eigenvalue weighted by molar-refractivity contribution is 6.33. The molecule has 2 N–H and O–H groups in total. The van der Waals surface area contributed by atoms with Crippen LogP contribution in [0.3, 0.4) is 0 Å². The van der Waals surface area contributed by atoms with Gasteiger partial charge in [-0.15, -0.1) is 0 Å². The number of hydrogen-bond donors (Lipinski definition) is 2. The van der Waals surface area contributed by atoms with Gasteiger partial charge in [-0.2, -0.15) is 0 Å². The zero-order valence-corrected chi connectivity index (χ0v) is 12.9. The fourth-order valence-corrected chi connectivity index (χ4v) is 3.22. The van der Waals surface area contributed by atoms with E-state index in [9.17, 15) is 9.90 Å². The number of carbonyl (C=O) groups is 1. The van der Waals surface area contributed by atoms with Crippen molar-refractivity contribution in [1.29, 1.82) is 0 Å². The van der Waals surface area contributed by atoms with Gasteiger partial charge in [0.05, 0.1) is 21.9 Å². The summed E-state index contributed by atoms with van der Waals surface area (Å²) in [4.78, 5) is 12.0. The van der Waals surface area contributed by atoms with Gasteiger partial charge in [0, 0.05) is 6.42 Å². The Balaban J connectivity index is 2.47. The number of nitrogens with one attached hydrogen (secondary N) is 1. The summed E-state index contributed by atoms with van der Waals surface area (Å²) in [7, 11) is 0. The lowest BCUT2D eigenvalue weighted by molar-refractivity contribution is -0.149. The highest BCUT2D eigenvalue weighted by Gasteiger charge is 2.62. The van der Waals surface area contributed by atoms with E-state index in [4.69, 9.17) is 16.3 Å². The van der Waals surface area contributed by atoms with Gasteiger partial charge >= 0.3 is 5.97 Å². The Kier molecular flexibility index (Phi) is 3.51. The Bertz CT molecular complexity index is 542. The van der Waals surface area contributed by atoms with E-state index in [1.807, 2.05) is 19.9 Å². The quantitative estimate of drug-likeness (QED) is 0.896. The predicted octanol–water partition coefficient (Wildman–Crippen LogP) is 3.55. The van der Waals surface area contributed by atoms with Crippen LogP contribution in [0.5, 0.6) is 0 Å². The zero-order valence-electron chi connectivity index (χ0n) is 12.2. The van der Waals surface area contributed by atoms with Gasteiger partial charge in [0.25, 0.3) is 0 Å². The average Bonchev–Trinajstić information content (AvgIpc) is 2.47. The summed E-state index contributed by atoms with van der Waals surface area (Å²) < 4.78 is 5.94. The Hall–Kier alpha value is -1.26. The first kappa shape index (κ1) is 15.1. The van der Waals surface area contributed by atoms with Crippen molar-refractivity contribution in [3.05, 3.63) is 29.3 Å². The van der Waals surface area contributed by atoms with Crippen LogP contribution in [0.4, 0.5) is 5.69 Å². The third-order valence-electron chi connectivity index (χ3n) is 3.84. The molecule has 5 heteroatoms. The minimum Gasteiger partial charge on any atom is -0.479 e. The van der Waals surface area contributed by atoms with Crippen LogP contribution in [0.2, 0.25) is 5.02 Å². The Labute approximate surface area is 124 Å². The van der Waals surface area contributed by atoms with E-state index >= 15 is 0 Å². The second-order valence-corrected chi connectivity index (χ2v) is 6.77. The minimum atomic E-state index is -1.22. The molecule has 0 bridgehead atoms. The van der Waals surface area contributed by atoms with Crippen molar-refractivity contribution in [2.75, 3.05) is 5.32 Å². The highest BCUT2D eigenvalue weighted by Crippen LogP contribution is 2.47. The van der Waals surface area contributed by atoms with E-state index in [0.717, 1.165) is 0 Å². The number of carboxylic acids is 1. The molecule has 1 fully saturated rings. The SMILES string of the molecule is CC1(C)CC(Nc2ccccc2Cl)(C(=O)O)C(C)(C)O1. The van der Waals surface area contributed by atoms with Crippen molar-refractivity contribution in [2.45, 2.75) is 50.9 Å². The molecule has 4 nitrogen and oxygen atoms in total. The maximum absolute atomic E-state index is 12.0. The van der Waals surface area contributed by atoms with Crippen molar-refractivity contribution < 1.29 is 14.6 Å². The number of anilines is 1. The molecular formula is C15H20ClNO3. The van der Waals surface area contributed by atoms with Crippen LogP contribution in [0.15, 0.2) is 24.3 Å². The molecule has 1 heterocycles. The van der Waals surface area contributed by atoms with Gasteiger partial charge in [-0.05, 0) is 39.8 Å². The summed E-state index contributed by atoms with van der Waals surface area (Å²) in [6.45, 7) is 7.38. The molecule has 1 atom stereocenters. The molecule has 1 saturated heterocycles. The number of ether oxygens (including phenoxy) is 1. The van der Waals surface area contributed by atoms with E-state index in [2.05, 4.69) is 5.32 Å². The number of para-hydroxylation sites is 1. The third kappa shape index (κ3) is 2.38. The number of benzene rings is 1. The smallest absolute Gasteiger partial charge is 0.332 e. The van der Waals surface area contributed by atoms with Gasteiger partial charge in [-0.3, -0.25) is 0 Å². The molecule has 1 aliphatic heterocycles. The first-order chi connectivity index (χ1) is 9.10. The van der Waals surface area contributed by atoms with Crippen LogP contribution >= 0.6 is 11.6 Å². The number of rotatable bonds is 3. The molecule has 1 aromatic rings. The molecule has 0 spiro atoms. The molecule has 2 rings (SSSR count). The topological polar surface area (TPSA) is 58.6 Å².